The van der Waals surface area contributed by atoms with Gasteiger partial charge in [-0.3, -0.25) is 38.3 Å². The predicted molar refractivity (Wildman–Crippen MR) is 382 cm³/mol. The Morgan fingerprint density at radius 3 is 0.377 bits per heavy atom. The number of benzene rings is 9. The van der Waals surface area contributed by atoms with Crippen LogP contribution in [0.15, 0.2) is 285 Å². The fraction of sp³-hybridized carbons (Fsp3) is 0. The zero-order chi connectivity index (χ0) is 76.8. The van der Waals surface area contributed by atoms with E-state index in [0.717, 1.165) is 65.7 Å². The second kappa shape index (κ2) is 40.6. The van der Waals surface area contributed by atoms with E-state index in [0.29, 0.717) is 66.5 Å². The summed E-state index contributed by atoms with van der Waals surface area (Å²) in [5, 5.41) is 4.70. The van der Waals surface area contributed by atoms with Crippen molar-refractivity contribution >= 4 is 137 Å². The van der Waals surface area contributed by atoms with Crippen molar-refractivity contribution < 1.29 is 290 Å². The Hall–Kier alpha value is -4.71. The molecule has 0 radical (unpaired) electrons. The van der Waals surface area contributed by atoms with Gasteiger partial charge in [-0.15, -0.1) is 0 Å². The molecule has 0 atom stereocenters. The summed E-state index contributed by atoms with van der Waals surface area (Å²) in [6.07, 6.45) is 9.74. The molecule has 550 valence electrons. The van der Waals surface area contributed by atoms with E-state index in [1.54, 1.807) is 146 Å². The third kappa shape index (κ3) is 23.7. The molecule has 15 rings (SSSR count). The van der Waals surface area contributed by atoms with Crippen LogP contribution in [0.2, 0.25) is 0 Å². The Morgan fingerprint density at radius 1 is 0.175 bits per heavy atom. The molecule has 0 saturated carbocycles. The zero-order valence-corrected chi connectivity index (χ0v) is 78.9. The van der Waals surface area contributed by atoms with Crippen LogP contribution in [0.25, 0.3) is 132 Å². The summed E-state index contributed by atoms with van der Waals surface area (Å²) >= 11 is 0. The van der Waals surface area contributed by atoms with E-state index in [4.69, 9.17) is 17.5 Å². The van der Waals surface area contributed by atoms with Crippen molar-refractivity contribution in [1.82, 2.24) is 29.9 Å². The third-order valence-corrected chi connectivity index (χ3v) is 21.7. The Balaban J connectivity index is 0.000000287. The van der Waals surface area contributed by atoms with E-state index < -0.39 is 71.1 Å². The van der Waals surface area contributed by atoms with Gasteiger partial charge in [0.15, 0.2) is 0 Å². The second-order valence-electron chi connectivity index (χ2n) is 23.0. The molecule has 28 nitrogen and oxygen atoms in total. The normalized spacial score (nSPS) is 11.5. The average Bonchev–Trinajstić information content (AvgIpc) is 0.764. The second-order valence-corrected chi connectivity index (χ2v) is 32.1. The summed E-state index contributed by atoms with van der Waals surface area (Å²) < 4.78 is 236. The van der Waals surface area contributed by atoms with Gasteiger partial charge in [0.25, 0.3) is 0 Å². The smallest absolute Gasteiger partial charge is 0.759 e. The number of aromatic nitrogens is 6. The van der Waals surface area contributed by atoms with E-state index in [-0.39, 0.29) is 224 Å². The first-order valence-electron chi connectivity index (χ1n) is 30.4. The maximum absolute atomic E-state index is 11.2. The number of hydrogen-bond acceptors (Lipinski definition) is 28. The largest absolute Gasteiger partial charge is 1.00 e. The molecule has 42 heteroatoms. The summed E-state index contributed by atoms with van der Waals surface area (Å²) in [7, 11) is -32.4. The SMILES string of the molecule is O=S(=O)([O-])[O-].O=S(=O)([O-])c1ccc(-c2ccnc3c2ccc2c(-c4ccc(S(=O)(=O)[O-])cc4)ccnc23)cc1.O=S(=O)([O-])c1ccc(-c2ccnc3c2ccc2c(-c4ccc(S(=O)(=O)[O-])cc4)ccnc23)cc1.O=S(=O)([O-])c1ccc(-c2ccnc3c2ccc2c(-c4ccc(S(=O)(=O)[O-])cc4)ccnc23)cc1.[Fe].[Na+].[Na+].[Na+].[Na+].[Na+].[Na+]. The molecule has 0 fully saturated rings. The van der Waals surface area contributed by atoms with E-state index >= 15 is 0 Å². The van der Waals surface area contributed by atoms with Gasteiger partial charge in [-0.25, -0.2) is 50.5 Å². The van der Waals surface area contributed by atoms with Crippen LogP contribution in [0.4, 0.5) is 0 Å². The molecular weight excluding hydrogens is 1720 g/mol. The first kappa shape index (κ1) is 99.9. The molecule has 0 saturated heterocycles. The van der Waals surface area contributed by atoms with Crippen LogP contribution in [0.1, 0.15) is 0 Å². The first-order chi connectivity index (χ1) is 50.4. The van der Waals surface area contributed by atoms with Gasteiger partial charge in [-0.05, 0) is 176 Å². The monoisotopic (exact) mass is 1760 g/mol. The Morgan fingerprint density at radius 2 is 0.281 bits per heavy atom. The summed E-state index contributed by atoms with van der Waals surface area (Å²) in [6.45, 7) is 0. The zero-order valence-electron chi connectivity index (χ0n) is 60.1. The molecule has 0 amide bonds. The van der Waals surface area contributed by atoms with Gasteiger partial charge in [0.05, 0.1) is 62.5 Å². The van der Waals surface area contributed by atoms with Gasteiger partial charge in [0.1, 0.15) is 60.7 Å². The molecule has 6 heterocycles. The van der Waals surface area contributed by atoms with E-state index in [1.165, 1.54) is 72.8 Å². The topological polar surface area (TPSA) is 501 Å². The number of hydrogen-bond donors (Lipinski definition) is 0. The molecule has 0 bridgehead atoms. The van der Waals surface area contributed by atoms with Crippen LogP contribution in [-0.2, 0) is 88.2 Å². The fourth-order valence-electron chi connectivity index (χ4n) is 11.8. The van der Waals surface area contributed by atoms with Crippen LogP contribution < -0.4 is 177 Å². The Labute approximate surface area is 796 Å². The van der Waals surface area contributed by atoms with Gasteiger partial charge >= 0.3 is 177 Å². The molecule has 6 aromatic heterocycles. The van der Waals surface area contributed by atoms with Crippen molar-refractivity contribution in [3.63, 3.8) is 0 Å². The van der Waals surface area contributed by atoms with E-state index in [9.17, 15) is 77.8 Å². The summed E-state index contributed by atoms with van der Waals surface area (Å²) in [5.74, 6) is 0. The number of nitrogens with zero attached hydrogens (tertiary/aromatic N) is 6. The van der Waals surface area contributed by atoms with Crippen LogP contribution in [0.5, 0.6) is 0 Å². The van der Waals surface area contributed by atoms with Gasteiger partial charge in [-0.2, -0.15) is 0 Å². The van der Waals surface area contributed by atoms with Crippen LogP contribution in [0, 0.1) is 0 Å². The summed E-state index contributed by atoms with van der Waals surface area (Å²) in [6, 6.07) is 56.1. The molecule has 9 aromatic carbocycles. The third-order valence-electron chi connectivity index (χ3n) is 16.6. The molecule has 0 unspecified atom stereocenters. The summed E-state index contributed by atoms with van der Waals surface area (Å²) in [5.41, 5.74) is 12.7. The molecule has 15 aromatic rings. The van der Waals surface area contributed by atoms with Crippen molar-refractivity contribution in [2.75, 3.05) is 0 Å². The van der Waals surface area contributed by atoms with Crippen molar-refractivity contribution in [2.45, 2.75) is 29.4 Å². The van der Waals surface area contributed by atoms with Crippen molar-refractivity contribution in [3.05, 3.63) is 256 Å². The van der Waals surface area contributed by atoms with Gasteiger partial charge < -0.3 is 36.4 Å². The number of pyridine rings is 6. The Kier molecular flexibility index (Phi) is 35.5. The molecule has 0 spiro atoms. The standard InChI is InChI=1S/3C24H16N2O6S2.Fe.6Na.H2O4S/c3*27-33(28,29)17-5-1-15(2-6-17)19-11-13-25-23-21(19)9-10-22-20(12-14-26-24(22)23)16-3-7-18(8-4-16)34(30,31)32;;;;;;;;1-5(2,3)4/h3*1-14H,(H,27,28,29)(H,30,31,32);;;;;;;;(H2,1,2,3,4)/q;;;;6*+1;/p-8. The van der Waals surface area contributed by atoms with Crippen LogP contribution in [-0.4, -0.2) is 125 Å². The average molecular weight is 1760 g/mol. The molecule has 0 aliphatic carbocycles. The maximum Gasteiger partial charge on any atom is 1.00 e. The summed E-state index contributed by atoms with van der Waals surface area (Å²) in [4.78, 5) is 25.2. The van der Waals surface area contributed by atoms with Gasteiger partial charge in [0.2, 0.25) is 0 Å². The number of fused-ring (bicyclic) bond motifs is 9. The van der Waals surface area contributed by atoms with Crippen LogP contribution in [0.3, 0.4) is 0 Å². The molecule has 114 heavy (non-hydrogen) atoms. The number of rotatable bonds is 12. The molecule has 0 aliphatic rings. The minimum atomic E-state index is -5.17. The quantitative estimate of drug-likeness (QED) is 0.0474. The molecule has 0 aliphatic heterocycles. The molecule has 0 N–H and O–H groups in total. The Bertz CT molecular complexity index is 5910. The van der Waals surface area contributed by atoms with Gasteiger partial charge in [0, 0.05) is 97.0 Å². The van der Waals surface area contributed by atoms with E-state index in [2.05, 4.69) is 29.9 Å². The molecular formula is C72H42FeN6Na6O22S7-2. The van der Waals surface area contributed by atoms with Crippen molar-refractivity contribution in [3.8, 4) is 66.8 Å². The van der Waals surface area contributed by atoms with Crippen molar-refractivity contribution in [1.29, 1.82) is 0 Å². The minimum Gasteiger partial charge on any atom is -0.759 e. The minimum absolute atomic E-state index is 0. The van der Waals surface area contributed by atoms with Gasteiger partial charge in [-0.1, -0.05) is 109 Å². The van der Waals surface area contributed by atoms with E-state index in [1.807, 2.05) is 36.4 Å². The fourth-order valence-corrected chi connectivity index (χ4v) is 14.6. The van der Waals surface area contributed by atoms with Crippen molar-refractivity contribution in [2.24, 2.45) is 0 Å². The maximum atomic E-state index is 11.2. The predicted octanol–water partition coefficient (Wildman–Crippen LogP) is -7.54. The first-order valence-corrected chi connectivity index (χ1v) is 40.2. The van der Waals surface area contributed by atoms with Crippen LogP contribution >= 0.6 is 0 Å².